The third-order valence-corrected chi connectivity index (χ3v) is 3.91. The van der Waals surface area contributed by atoms with Gasteiger partial charge in [-0.15, -0.1) is 0 Å². The molecule has 0 aromatic heterocycles. The first-order chi connectivity index (χ1) is 11.3. The largest absolute Gasteiger partial charge is 0.444 e. The average molecular weight is 335 g/mol. The van der Waals surface area contributed by atoms with E-state index in [1.54, 1.807) is 4.90 Å². The summed E-state index contributed by atoms with van der Waals surface area (Å²) in [5.41, 5.74) is 1.81. The van der Waals surface area contributed by atoms with Crippen LogP contribution < -0.4 is 0 Å². The zero-order valence-corrected chi connectivity index (χ0v) is 13.0. The van der Waals surface area contributed by atoms with Gasteiger partial charge in [-0.3, -0.25) is 0 Å². The van der Waals surface area contributed by atoms with Crippen LogP contribution in [0, 0.1) is 0 Å². The maximum atomic E-state index is 12.6. The molecule has 3 rings (SSSR count). The molecule has 1 aliphatic heterocycles. The lowest BCUT2D eigenvalue weighted by Gasteiger charge is -2.13. The van der Waals surface area contributed by atoms with Crippen molar-refractivity contribution in [3.63, 3.8) is 0 Å². The Morgan fingerprint density at radius 3 is 2.04 bits per heavy atom. The van der Waals surface area contributed by atoms with Gasteiger partial charge >= 0.3 is 12.3 Å². The second kappa shape index (κ2) is 6.19. The van der Waals surface area contributed by atoms with Crippen LogP contribution in [0.2, 0.25) is 0 Å². The minimum absolute atomic E-state index is 0.107. The van der Waals surface area contributed by atoms with Crippen molar-refractivity contribution >= 4 is 6.09 Å². The number of carbonyl (C=O) groups excluding carboxylic acids is 1. The van der Waals surface area contributed by atoms with E-state index in [2.05, 4.69) is 0 Å². The highest BCUT2D eigenvalue weighted by molar-refractivity contribution is 5.70. The van der Waals surface area contributed by atoms with Gasteiger partial charge in [0.05, 0.1) is 12.1 Å². The average Bonchev–Trinajstić information content (AvgIpc) is 2.85. The van der Waals surface area contributed by atoms with E-state index in [0.717, 1.165) is 23.3 Å². The highest BCUT2D eigenvalue weighted by atomic mass is 19.4. The van der Waals surface area contributed by atoms with Crippen molar-refractivity contribution in [1.29, 1.82) is 0 Å². The molecular formula is C18H16F3NO2. The Bertz CT molecular complexity index is 723. The van der Waals surface area contributed by atoms with Crippen LogP contribution in [0.1, 0.15) is 18.1 Å². The number of hydrogen-bond acceptors (Lipinski definition) is 2. The van der Waals surface area contributed by atoms with Gasteiger partial charge in [0.25, 0.3) is 0 Å². The summed E-state index contributed by atoms with van der Waals surface area (Å²) in [6.07, 6.45) is -4.76. The Labute approximate surface area is 137 Å². The van der Waals surface area contributed by atoms with Gasteiger partial charge in [-0.2, -0.15) is 13.2 Å². The first kappa shape index (κ1) is 16.4. The molecule has 0 aliphatic carbocycles. The normalized spacial score (nSPS) is 17.9. The van der Waals surface area contributed by atoms with Gasteiger partial charge < -0.3 is 9.64 Å². The van der Waals surface area contributed by atoms with Crippen molar-refractivity contribution in [3.8, 4) is 11.1 Å². The van der Waals surface area contributed by atoms with E-state index in [1.807, 2.05) is 31.2 Å². The van der Waals surface area contributed by atoms with Crippen molar-refractivity contribution < 1.29 is 22.7 Å². The highest BCUT2D eigenvalue weighted by Crippen LogP contribution is 2.31. The van der Waals surface area contributed by atoms with Crippen molar-refractivity contribution in [3.05, 3.63) is 59.7 Å². The van der Waals surface area contributed by atoms with Crippen molar-refractivity contribution in [1.82, 2.24) is 4.90 Å². The number of hydrogen-bond donors (Lipinski definition) is 0. The fraction of sp³-hybridized carbons (Fsp3) is 0.278. The lowest BCUT2D eigenvalue weighted by Crippen LogP contribution is -2.24. The zero-order chi connectivity index (χ0) is 17.3. The van der Waals surface area contributed by atoms with Gasteiger partial charge in [0, 0.05) is 6.54 Å². The molecule has 1 saturated heterocycles. The molecule has 1 fully saturated rings. The number of alkyl halides is 3. The summed E-state index contributed by atoms with van der Waals surface area (Å²) in [7, 11) is 0. The van der Waals surface area contributed by atoms with Crippen molar-refractivity contribution in [2.75, 3.05) is 6.54 Å². The number of carbonyl (C=O) groups is 1. The maximum absolute atomic E-state index is 12.6. The number of amides is 1. The quantitative estimate of drug-likeness (QED) is 0.813. The minimum atomic E-state index is -4.33. The van der Waals surface area contributed by atoms with Crippen LogP contribution in [0.25, 0.3) is 11.1 Å². The molecule has 24 heavy (non-hydrogen) atoms. The Morgan fingerprint density at radius 1 is 1.04 bits per heavy atom. The number of halogens is 3. The van der Waals surface area contributed by atoms with Crippen LogP contribution in [0.4, 0.5) is 18.0 Å². The third kappa shape index (κ3) is 3.53. The predicted octanol–water partition coefficient (Wildman–Crippen LogP) is 4.71. The second-order valence-corrected chi connectivity index (χ2v) is 5.85. The van der Waals surface area contributed by atoms with Gasteiger partial charge in [-0.05, 0) is 35.7 Å². The summed E-state index contributed by atoms with van der Waals surface area (Å²) < 4.78 is 42.8. The van der Waals surface area contributed by atoms with E-state index in [-0.39, 0.29) is 12.2 Å². The number of cyclic esters (lactones) is 1. The Balaban J connectivity index is 1.71. The van der Waals surface area contributed by atoms with E-state index in [1.165, 1.54) is 12.1 Å². The molecule has 126 valence electrons. The van der Waals surface area contributed by atoms with Crippen LogP contribution in [0.3, 0.4) is 0 Å². The molecule has 0 N–H and O–H groups in total. The summed E-state index contributed by atoms with van der Waals surface area (Å²) in [5.74, 6) is 0. The number of benzene rings is 2. The van der Waals surface area contributed by atoms with E-state index < -0.39 is 11.7 Å². The van der Waals surface area contributed by atoms with Gasteiger partial charge in [0.1, 0.15) is 6.10 Å². The number of ether oxygens (including phenoxy) is 1. The summed E-state index contributed by atoms with van der Waals surface area (Å²) >= 11 is 0. The first-order valence-corrected chi connectivity index (χ1v) is 7.55. The van der Waals surface area contributed by atoms with Crippen LogP contribution in [-0.4, -0.2) is 23.6 Å². The monoisotopic (exact) mass is 335 g/mol. The highest BCUT2D eigenvalue weighted by Gasteiger charge is 2.30. The van der Waals surface area contributed by atoms with Crippen LogP contribution in [0.5, 0.6) is 0 Å². The summed E-state index contributed by atoms with van der Waals surface area (Å²) in [5, 5.41) is 0. The van der Waals surface area contributed by atoms with Crippen LogP contribution in [-0.2, 0) is 17.5 Å². The molecule has 1 heterocycles. The van der Waals surface area contributed by atoms with Gasteiger partial charge in [-0.1, -0.05) is 36.4 Å². The third-order valence-electron chi connectivity index (χ3n) is 3.91. The van der Waals surface area contributed by atoms with Gasteiger partial charge in [0.2, 0.25) is 0 Å². The molecule has 0 spiro atoms. The fourth-order valence-electron chi connectivity index (χ4n) is 2.67. The standard InChI is InChI=1S/C18H16F3NO2/c1-12-10-22(17(23)24-12)11-13-2-4-14(5-3-13)15-6-8-16(9-7-15)18(19,20)21/h2-9,12H,10-11H2,1H3/t12-/m0/s1. The molecule has 1 aliphatic rings. The number of nitrogens with zero attached hydrogens (tertiary/aromatic N) is 1. The van der Waals surface area contributed by atoms with Crippen LogP contribution >= 0.6 is 0 Å². The topological polar surface area (TPSA) is 29.5 Å². The van der Waals surface area contributed by atoms with Gasteiger partial charge in [-0.25, -0.2) is 4.79 Å². The second-order valence-electron chi connectivity index (χ2n) is 5.85. The van der Waals surface area contributed by atoms with Crippen LogP contribution in [0.15, 0.2) is 48.5 Å². The van der Waals surface area contributed by atoms with Crippen molar-refractivity contribution in [2.24, 2.45) is 0 Å². The SMILES string of the molecule is C[C@H]1CN(Cc2ccc(-c3ccc(C(F)(F)F)cc3)cc2)C(=O)O1. The van der Waals surface area contributed by atoms with E-state index in [0.29, 0.717) is 18.7 Å². The Hall–Kier alpha value is -2.50. The first-order valence-electron chi connectivity index (χ1n) is 7.55. The smallest absolute Gasteiger partial charge is 0.416 e. The minimum Gasteiger partial charge on any atom is -0.444 e. The molecule has 0 saturated carbocycles. The van der Waals surface area contributed by atoms with E-state index >= 15 is 0 Å². The lowest BCUT2D eigenvalue weighted by atomic mass is 10.0. The molecule has 6 heteroatoms. The predicted molar refractivity (Wildman–Crippen MR) is 83.2 cm³/mol. The molecular weight excluding hydrogens is 319 g/mol. The Morgan fingerprint density at radius 2 is 1.58 bits per heavy atom. The molecule has 0 radical (unpaired) electrons. The molecule has 0 unspecified atom stereocenters. The molecule has 1 amide bonds. The summed E-state index contributed by atoms with van der Waals surface area (Å²) in [6, 6.07) is 12.5. The maximum Gasteiger partial charge on any atom is 0.416 e. The van der Waals surface area contributed by atoms with Gasteiger partial charge in [0.15, 0.2) is 0 Å². The molecule has 0 bridgehead atoms. The van der Waals surface area contributed by atoms with E-state index in [9.17, 15) is 18.0 Å². The molecule has 2 aromatic carbocycles. The summed E-state index contributed by atoms with van der Waals surface area (Å²) in [4.78, 5) is 13.2. The lowest BCUT2D eigenvalue weighted by molar-refractivity contribution is -0.137. The summed E-state index contributed by atoms with van der Waals surface area (Å²) in [6.45, 7) is 2.85. The fourth-order valence-corrected chi connectivity index (χ4v) is 2.67. The Kier molecular flexibility index (Phi) is 4.22. The molecule has 3 nitrogen and oxygen atoms in total. The van der Waals surface area contributed by atoms with Crippen molar-refractivity contribution in [2.45, 2.75) is 25.7 Å². The van der Waals surface area contributed by atoms with E-state index in [4.69, 9.17) is 4.74 Å². The molecule has 2 aromatic rings. The number of rotatable bonds is 3. The molecule has 1 atom stereocenters. The zero-order valence-electron chi connectivity index (χ0n) is 13.0.